The standard InChI is InChI=1S/C19H27N3O3.2C2HF3O2/c1-24-19-13(4-3-7-20-19)10-22-11-14-8-16(25-17(14)12-22)9-18(23)21-15-5-2-6-15;2*3-2(4,5)1(6)7/h3-4,7,14-17H,2,5-6,8-12H2,1H3,(H,21,23);2*(H,6,7)/t14-,16-,17+;;/m0../s1. The van der Waals surface area contributed by atoms with Crippen LogP contribution in [0.2, 0.25) is 0 Å². The number of aliphatic carboxylic acids is 2. The van der Waals surface area contributed by atoms with Crippen LogP contribution in [0.5, 0.6) is 5.88 Å². The fourth-order valence-electron chi connectivity index (χ4n) is 4.22. The zero-order valence-electron chi connectivity index (χ0n) is 20.8. The lowest BCUT2D eigenvalue weighted by Crippen LogP contribution is -2.40. The Bertz CT molecular complexity index is 950. The monoisotopic (exact) mass is 573 g/mol. The Morgan fingerprint density at radius 2 is 1.69 bits per heavy atom. The number of carboxylic acid groups (broad SMARTS) is 2. The summed E-state index contributed by atoms with van der Waals surface area (Å²) in [7, 11) is 1.66. The summed E-state index contributed by atoms with van der Waals surface area (Å²) in [5.41, 5.74) is 1.11. The third-order valence-corrected chi connectivity index (χ3v) is 6.20. The maximum Gasteiger partial charge on any atom is 0.490 e. The van der Waals surface area contributed by atoms with Crippen LogP contribution < -0.4 is 10.1 Å². The van der Waals surface area contributed by atoms with E-state index in [4.69, 9.17) is 29.3 Å². The molecule has 0 bridgehead atoms. The largest absolute Gasteiger partial charge is 0.490 e. The quantitative estimate of drug-likeness (QED) is 0.439. The van der Waals surface area contributed by atoms with Crippen molar-refractivity contribution in [1.29, 1.82) is 0 Å². The van der Waals surface area contributed by atoms with Crippen molar-refractivity contribution in [3.05, 3.63) is 23.9 Å². The summed E-state index contributed by atoms with van der Waals surface area (Å²) in [6.45, 7) is 2.77. The highest BCUT2D eigenvalue weighted by atomic mass is 19.4. The maximum absolute atomic E-state index is 12.1. The summed E-state index contributed by atoms with van der Waals surface area (Å²) in [6, 6.07) is 4.43. The molecule has 1 aromatic heterocycles. The first-order chi connectivity index (χ1) is 18.1. The van der Waals surface area contributed by atoms with Crippen LogP contribution in [0.25, 0.3) is 0 Å². The van der Waals surface area contributed by atoms with Crippen LogP contribution in [0.3, 0.4) is 0 Å². The number of pyridine rings is 1. The third kappa shape index (κ3) is 10.5. The fourth-order valence-corrected chi connectivity index (χ4v) is 4.22. The van der Waals surface area contributed by atoms with Gasteiger partial charge in [0.15, 0.2) is 0 Å². The van der Waals surface area contributed by atoms with Gasteiger partial charge in [0.05, 0.1) is 25.7 Å². The SMILES string of the molecule is COc1ncccc1CN1C[C@@H]2C[C@@H](CC(=O)NC3CCC3)O[C@@H]2C1.O=C(O)C(F)(F)F.O=C(O)C(F)(F)F. The lowest BCUT2D eigenvalue weighted by molar-refractivity contribution is -0.193. The number of carboxylic acids is 2. The molecule has 220 valence electrons. The van der Waals surface area contributed by atoms with Gasteiger partial charge in [-0.25, -0.2) is 14.6 Å². The van der Waals surface area contributed by atoms with Crippen molar-refractivity contribution in [2.75, 3.05) is 20.2 Å². The zero-order chi connectivity index (χ0) is 29.4. The molecule has 3 fully saturated rings. The van der Waals surface area contributed by atoms with E-state index < -0.39 is 24.3 Å². The number of carbonyl (C=O) groups excluding carboxylic acids is 1. The van der Waals surface area contributed by atoms with Gasteiger partial charge in [0, 0.05) is 43.4 Å². The van der Waals surface area contributed by atoms with E-state index in [9.17, 15) is 31.1 Å². The second kappa shape index (κ2) is 13.8. The summed E-state index contributed by atoms with van der Waals surface area (Å²) in [5.74, 6) is -4.12. The van der Waals surface area contributed by atoms with Crippen LogP contribution in [0.4, 0.5) is 26.3 Å². The minimum Gasteiger partial charge on any atom is -0.481 e. The highest BCUT2D eigenvalue weighted by Crippen LogP contribution is 2.35. The molecule has 0 spiro atoms. The number of aromatic nitrogens is 1. The third-order valence-electron chi connectivity index (χ3n) is 6.20. The molecule has 1 aromatic rings. The summed E-state index contributed by atoms with van der Waals surface area (Å²) in [6.07, 6.45) is -3.06. The van der Waals surface area contributed by atoms with Crippen LogP contribution in [-0.2, 0) is 25.7 Å². The summed E-state index contributed by atoms with van der Waals surface area (Å²) >= 11 is 0. The Kier molecular flexibility index (Phi) is 11.3. The van der Waals surface area contributed by atoms with Gasteiger partial charge in [0.2, 0.25) is 11.8 Å². The van der Waals surface area contributed by atoms with Gasteiger partial charge in [0.1, 0.15) is 0 Å². The van der Waals surface area contributed by atoms with Crippen molar-refractivity contribution in [2.45, 2.75) is 69.3 Å². The number of amides is 1. The second-order valence-corrected chi connectivity index (χ2v) is 9.16. The van der Waals surface area contributed by atoms with Gasteiger partial charge in [-0.1, -0.05) is 6.07 Å². The van der Waals surface area contributed by atoms with E-state index in [0.29, 0.717) is 24.3 Å². The van der Waals surface area contributed by atoms with Crippen molar-refractivity contribution in [3.63, 3.8) is 0 Å². The molecule has 3 atom stereocenters. The molecule has 1 amide bonds. The number of halogens is 6. The summed E-state index contributed by atoms with van der Waals surface area (Å²) in [5, 5.41) is 17.4. The number of rotatable bonds is 6. The molecular weight excluding hydrogens is 544 g/mol. The molecule has 3 heterocycles. The highest BCUT2D eigenvalue weighted by molar-refractivity contribution is 5.77. The lowest BCUT2D eigenvalue weighted by Gasteiger charge is -2.27. The van der Waals surface area contributed by atoms with E-state index in [1.165, 1.54) is 6.42 Å². The molecule has 10 nitrogen and oxygen atoms in total. The smallest absolute Gasteiger partial charge is 0.481 e. The van der Waals surface area contributed by atoms with Crippen molar-refractivity contribution < 1.29 is 60.4 Å². The van der Waals surface area contributed by atoms with E-state index in [1.807, 2.05) is 6.07 Å². The van der Waals surface area contributed by atoms with Crippen LogP contribution in [0, 0.1) is 5.92 Å². The normalized spacial score (nSPS) is 22.8. The van der Waals surface area contributed by atoms with Gasteiger partial charge >= 0.3 is 24.3 Å². The number of fused-ring (bicyclic) bond motifs is 1. The number of hydrogen-bond donors (Lipinski definition) is 3. The number of carbonyl (C=O) groups is 3. The first-order valence-electron chi connectivity index (χ1n) is 11.8. The van der Waals surface area contributed by atoms with Crippen LogP contribution in [-0.4, -0.2) is 88.7 Å². The van der Waals surface area contributed by atoms with Crippen molar-refractivity contribution in [2.24, 2.45) is 5.92 Å². The summed E-state index contributed by atoms with van der Waals surface area (Å²) in [4.78, 5) is 36.5. The highest BCUT2D eigenvalue weighted by Gasteiger charge is 2.43. The van der Waals surface area contributed by atoms with E-state index in [-0.39, 0.29) is 18.1 Å². The molecule has 0 radical (unpaired) electrons. The van der Waals surface area contributed by atoms with E-state index >= 15 is 0 Å². The predicted octanol–water partition coefficient (Wildman–Crippen LogP) is 3.00. The number of likely N-dealkylation sites (tertiary alicyclic amines) is 1. The zero-order valence-corrected chi connectivity index (χ0v) is 20.8. The number of methoxy groups -OCH3 is 1. The average Bonchev–Trinajstić information content (AvgIpc) is 3.34. The van der Waals surface area contributed by atoms with Gasteiger partial charge < -0.3 is 25.0 Å². The first kappa shape index (κ1) is 32.1. The average molecular weight is 573 g/mol. The first-order valence-corrected chi connectivity index (χ1v) is 11.8. The minimum absolute atomic E-state index is 0.0881. The lowest BCUT2D eigenvalue weighted by atomic mass is 9.93. The van der Waals surface area contributed by atoms with Gasteiger partial charge in [-0.2, -0.15) is 26.3 Å². The van der Waals surface area contributed by atoms with Gasteiger partial charge in [-0.05, 0) is 31.7 Å². The van der Waals surface area contributed by atoms with E-state index in [1.54, 1.807) is 13.3 Å². The van der Waals surface area contributed by atoms with Gasteiger partial charge in [0.25, 0.3) is 0 Å². The van der Waals surface area contributed by atoms with Gasteiger partial charge in [-0.3, -0.25) is 9.69 Å². The molecule has 39 heavy (non-hydrogen) atoms. The molecule has 2 aliphatic heterocycles. The van der Waals surface area contributed by atoms with Crippen molar-refractivity contribution in [3.8, 4) is 5.88 Å². The molecule has 1 saturated carbocycles. The van der Waals surface area contributed by atoms with Crippen molar-refractivity contribution in [1.82, 2.24) is 15.2 Å². The molecule has 3 N–H and O–H groups in total. The number of nitrogens with zero attached hydrogens (tertiary/aromatic N) is 2. The fraction of sp³-hybridized carbons (Fsp3) is 0.652. The predicted molar refractivity (Wildman–Crippen MR) is 121 cm³/mol. The number of hydrogen-bond acceptors (Lipinski definition) is 7. The van der Waals surface area contributed by atoms with E-state index in [2.05, 4.69) is 21.3 Å². The summed E-state index contributed by atoms with van der Waals surface area (Å²) < 4.78 is 75.0. The number of alkyl halides is 6. The molecular formula is C23H29F6N3O7. The molecule has 3 aliphatic rings. The van der Waals surface area contributed by atoms with E-state index in [0.717, 1.165) is 44.5 Å². The minimum atomic E-state index is -5.08. The Labute approximate surface area is 219 Å². The number of nitrogens with one attached hydrogen (secondary N) is 1. The van der Waals surface area contributed by atoms with Crippen LogP contribution in [0.1, 0.15) is 37.7 Å². The molecule has 1 aliphatic carbocycles. The molecule has 4 rings (SSSR count). The molecule has 0 aromatic carbocycles. The second-order valence-electron chi connectivity index (χ2n) is 9.16. The molecule has 16 heteroatoms. The van der Waals surface area contributed by atoms with Crippen LogP contribution in [0.15, 0.2) is 18.3 Å². The van der Waals surface area contributed by atoms with Gasteiger partial charge in [-0.15, -0.1) is 0 Å². The number of ether oxygens (including phenoxy) is 2. The maximum atomic E-state index is 12.1. The van der Waals surface area contributed by atoms with Crippen molar-refractivity contribution >= 4 is 17.8 Å². The Balaban J connectivity index is 0.000000317. The Morgan fingerprint density at radius 3 is 2.15 bits per heavy atom. The van der Waals surface area contributed by atoms with Crippen LogP contribution >= 0.6 is 0 Å². The molecule has 2 saturated heterocycles. The molecule has 0 unspecified atom stereocenters. The topological polar surface area (TPSA) is 138 Å². The Morgan fingerprint density at radius 1 is 1.10 bits per heavy atom. The Hall–Kier alpha value is -3.14.